The van der Waals surface area contributed by atoms with E-state index in [2.05, 4.69) is 15.0 Å². The van der Waals surface area contributed by atoms with E-state index in [9.17, 15) is 0 Å². The molecule has 20 heavy (non-hydrogen) atoms. The second kappa shape index (κ2) is 4.94. The highest BCUT2D eigenvalue weighted by Gasteiger charge is 2.35. The van der Waals surface area contributed by atoms with Gasteiger partial charge in [-0.3, -0.25) is 4.98 Å². The number of aromatic nitrogens is 1. The van der Waals surface area contributed by atoms with Crippen LogP contribution in [0, 0.1) is 13.8 Å². The van der Waals surface area contributed by atoms with Crippen LogP contribution < -0.4 is 10.6 Å². The van der Waals surface area contributed by atoms with Gasteiger partial charge in [0.1, 0.15) is 0 Å². The van der Waals surface area contributed by atoms with E-state index in [1.807, 2.05) is 19.9 Å². The first-order valence-electron chi connectivity index (χ1n) is 6.95. The van der Waals surface area contributed by atoms with E-state index in [4.69, 9.17) is 15.7 Å². The van der Waals surface area contributed by atoms with Crippen molar-refractivity contribution in [1.29, 1.82) is 0 Å². The molecule has 2 bridgehead atoms. The SMILES string of the molecule is Cc1cc(N2CC3CCC(C2)O3)c(/C(N)=N/O)c(C)n1. The molecule has 6 nitrogen and oxygen atoms in total. The van der Waals surface area contributed by atoms with Crippen molar-refractivity contribution in [2.45, 2.75) is 38.9 Å². The van der Waals surface area contributed by atoms with Crippen LogP contribution >= 0.6 is 0 Å². The summed E-state index contributed by atoms with van der Waals surface area (Å²) in [6.45, 7) is 5.55. The van der Waals surface area contributed by atoms with Crippen LogP contribution in [0.15, 0.2) is 11.2 Å². The maximum Gasteiger partial charge on any atom is 0.174 e. The number of anilines is 1. The summed E-state index contributed by atoms with van der Waals surface area (Å²) in [5.41, 5.74) is 9.27. The first kappa shape index (κ1) is 13.2. The van der Waals surface area contributed by atoms with Crippen molar-refractivity contribution in [3.8, 4) is 0 Å². The zero-order valence-electron chi connectivity index (χ0n) is 11.8. The number of hydrogen-bond acceptors (Lipinski definition) is 5. The molecule has 1 aromatic rings. The molecule has 2 unspecified atom stereocenters. The van der Waals surface area contributed by atoms with Crippen LogP contribution in [0.1, 0.15) is 29.8 Å². The highest BCUT2D eigenvalue weighted by molar-refractivity contribution is 6.03. The lowest BCUT2D eigenvalue weighted by Gasteiger charge is -2.35. The third kappa shape index (κ3) is 2.20. The Morgan fingerprint density at radius 3 is 2.65 bits per heavy atom. The molecule has 1 aromatic heterocycles. The van der Waals surface area contributed by atoms with Gasteiger partial charge in [-0.2, -0.15) is 0 Å². The molecular formula is C14H20N4O2. The molecule has 2 aliphatic heterocycles. The van der Waals surface area contributed by atoms with E-state index in [1.165, 1.54) is 0 Å². The minimum atomic E-state index is 0.115. The number of rotatable bonds is 2. The van der Waals surface area contributed by atoms with Crippen LogP contribution in [-0.2, 0) is 4.74 Å². The molecule has 0 amide bonds. The van der Waals surface area contributed by atoms with E-state index < -0.39 is 0 Å². The monoisotopic (exact) mass is 276 g/mol. The molecule has 3 rings (SSSR count). The van der Waals surface area contributed by atoms with Gasteiger partial charge in [-0.25, -0.2) is 0 Å². The number of pyridine rings is 1. The van der Waals surface area contributed by atoms with Crippen LogP contribution in [0.25, 0.3) is 0 Å². The number of oxime groups is 1. The van der Waals surface area contributed by atoms with Crippen molar-refractivity contribution in [3.63, 3.8) is 0 Å². The van der Waals surface area contributed by atoms with Gasteiger partial charge in [0.25, 0.3) is 0 Å². The van der Waals surface area contributed by atoms with Crippen molar-refractivity contribution < 1.29 is 9.94 Å². The molecule has 6 heteroatoms. The normalized spacial score (nSPS) is 26.1. The van der Waals surface area contributed by atoms with Crippen LogP contribution in [0.4, 0.5) is 5.69 Å². The molecule has 2 fully saturated rings. The number of fused-ring (bicyclic) bond motifs is 2. The number of nitrogens with two attached hydrogens (primary N) is 1. The highest BCUT2D eigenvalue weighted by atomic mass is 16.5. The van der Waals surface area contributed by atoms with Gasteiger partial charge >= 0.3 is 0 Å². The van der Waals surface area contributed by atoms with Crippen LogP contribution in [-0.4, -0.2) is 41.3 Å². The van der Waals surface area contributed by atoms with Gasteiger partial charge in [-0.15, -0.1) is 0 Å². The van der Waals surface area contributed by atoms with Crippen LogP contribution in [0.2, 0.25) is 0 Å². The molecule has 2 atom stereocenters. The lowest BCUT2D eigenvalue weighted by Crippen LogP contribution is -2.43. The first-order valence-corrected chi connectivity index (χ1v) is 6.95. The summed E-state index contributed by atoms with van der Waals surface area (Å²) in [6.07, 6.45) is 2.82. The predicted octanol–water partition coefficient (Wildman–Crippen LogP) is 1.16. The summed E-state index contributed by atoms with van der Waals surface area (Å²) in [4.78, 5) is 6.70. The van der Waals surface area contributed by atoms with Crippen molar-refractivity contribution in [2.75, 3.05) is 18.0 Å². The standard InChI is InChI=1S/C14H20N4O2/c1-8-5-12(13(9(2)16-8)14(15)17-19)18-6-10-3-4-11(7-18)20-10/h5,10-11,19H,3-4,6-7H2,1-2H3,(H2,15,17). The molecule has 0 aliphatic carbocycles. The fourth-order valence-corrected chi connectivity index (χ4v) is 3.24. The van der Waals surface area contributed by atoms with Crippen LogP contribution in [0.5, 0.6) is 0 Å². The summed E-state index contributed by atoms with van der Waals surface area (Å²) in [6, 6.07) is 2.01. The number of nitrogens with zero attached hydrogens (tertiary/aromatic N) is 3. The molecule has 2 aliphatic rings. The Hall–Kier alpha value is -1.82. The smallest absolute Gasteiger partial charge is 0.174 e. The van der Waals surface area contributed by atoms with Crippen LogP contribution in [0.3, 0.4) is 0 Å². The Bertz CT molecular complexity index is 546. The first-order chi connectivity index (χ1) is 9.58. The maximum absolute atomic E-state index is 9.01. The van der Waals surface area contributed by atoms with Gasteiger partial charge in [-0.05, 0) is 32.8 Å². The zero-order chi connectivity index (χ0) is 14.3. The van der Waals surface area contributed by atoms with Gasteiger partial charge in [0.2, 0.25) is 0 Å². The number of morpholine rings is 1. The summed E-state index contributed by atoms with van der Waals surface area (Å²) in [5, 5.41) is 12.2. The van der Waals surface area contributed by atoms with Crippen molar-refractivity contribution in [2.24, 2.45) is 10.9 Å². The van der Waals surface area contributed by atoms with E-state index in [0.717, 1.165) is 48.6 Å². The number of hydrogen-bond donors (Lipinski definition) is 2. The minimum Gasteiger partial charge on any atom is -0.409 e. The quantitative estimate of drug-likeness (QED) is 0.366. The maximum atomic E-state index is 9.01. The van der Waals surface area contributed by atoms with Gasteiger partial charge in [-0.1, -0.05) is 5.16 Å². The molecule has 0 radical (unpaired) electrons. The Morgan fingerprint density at radius 1 is 1.40 bits per heavy atom. The van der Waals surface area contributed by atoms with Crippen molar-refractivity contribution >= 4 is 11.5 Å². The van der Waals surface area contributed by atoms with Crippen molar-refractivity contribution in [3.05, 3.63) is 23.0 Å². The summed E-state index contributed by atoms with van der Waals surface area (Å²) in [5.74, 6) is 0.115. The molecule has 3 heterocycles. The molecule has 3 N–H and O–H groups in total. The topological polar surface area (TPSA) is 84.0 Å². The lowest BCUT2D eigenvalue weighted by atomic mass is 10.1. The van der Waals surface area contributed by atoms with Crippen molar-refractivity contribution in [1.82, 2.24) is 4.98 Å². The van der Waals surface area contributed by atoms with E-state index in [-0.39, 0.29) is 5.84 Å². The Labute approximate surface area is 118 Å². The van der Waals surface area contributed by atoms with Gasteiger partial charge < -0.3 is 20.6 Å². The largest absolute Gasteiger partial charge is 0.409 e. The second-order valence-corrected chi connectivity index (χ2v) is 5.59. The van der Waals surface area contributed by atoms with Gasteiger partial charge in [0.15, 0.2) is 5.84 Å². The summed E-state index contributed by atoms with van der Waals surface area (Å²) >= 11 is 0. The number of amidine groups is 1. The molecule has 2 saturated heterocycles. The van der Waals surface area contributed by atoms with Gasteiger partial charge in [0.05, 0.1) is 29.2 Å². The lowest BCUT2D eigenvalue weighted by molar-refractivity contribution is 0.0305. The fraction of sp³-hybridized carbons (Fsp3) is 0.571. The fourth-order valence-electron chi connectivity index (χ4n) is 3.24. The average molecular weight is 276 g/mol. The van der Waals surface area contributed by atoms with Gasteiger partial charge in [0, 0.05) is 18.8 Å². The molecule has 0 spiro atoms. The molecule has 0 saturated carbocycles. The van der Waals surface area contributed by atoms with E-state index in [1.54, 1.807) is 0 Å². The third-order valence-corrected chi connectivity index (χ3v) is 4.06. The predicted molar refractivity (Wildman–Crippen MR) is 76.3 cm³/mol. The minimum absolute atomic E-state index is 0.115. The molecular weight excluding hydrogens is 256 g/mol. The zero-order valence-corrected chi connectivity index (χ0v) is 11.8. The molecule has 0 aromatic carbocycles. The highest BCUT2D eigenvalue weighted by Crippen LogP contribution is 2.32. The number of aryl methyl sites for hydroxylation is 2. The van der Waals surface area contributed by atoms with E-state index in [0.29, 0.717) is 12.2 Å². The Balaban J connectivity index is 2.03. The molecule has 108 valence electrons. The summed E-state index contributed by atoms with van der Waals surface area (Å²) in [7, 11) is 0. The Kier molecular flexibility index (Phi) is 3.25. The number of ether oxygens (including phenoxy) is 1. The average Bonchev–Trinajstić information content (AvgIpc) is 2.75. The summed E-state index contributed by atoms with van der Waals surface area (Å²) < 4.78 is 5.87. The Morgan fingerprint density at radius 2 is 2.05 bits per heavy atom. The second-order valence-electron chi connectivity index (χ2n) is 5.59. The van der Waals surface area contributed by atoms with E-state index >= 15 is 0 Å². The third-order valence-electron chi connectivity index (χ3n) is 4.06.